The fourth-order valence-electron chi connectivity index (χ4n) is 2.83. The summed E-state index contributed by atoms with van der Waals surface area (Å²) in [5.41, 5.74) is 1.70. The quantitative estimate of drug-likeness (QED) is 0.421. The summed E-state index contributed by atoms with van der Waals surface area (Å²) < 4.78 is 0. The van der Waals surface area contributed by atoms with Gasteiger partial charge in [0.15, 0.2) is 0 Å². The molecule has 0 aliphatic rings. The molecule has 0 radical (unpaired) electrons. The lowest BCUT2D eigenvalue weighted by atomic mass is 10.1. The number of amides is 2. The van der Waals surface area contributed by atoms with Crippen LogP contribution >= 0.6 is 46.6 Å². The standard InChI is InChI=1S/C23H27Cl3N2O2S/c1-4-15(2)27-23(30)16(3)28(12-17-7-5-6-8-20(17)25)22(29)14-31-13-18-9-10-19(24)11-21(18)26/h5-11,15-16H,4,12-14H2,1-3H3,(H,27,30)/t15-,16-/m0/s1. The number of halogens is 3. The number of nitrogens with zero attached hydrogens (tertiary/aromatic N) is 1. The Hall–Kier alpha value is -1.40. The average Bonchev–Trinajstić information content (AvgIpc) is 2.73. The zero-order chi connectivity index (χ0) is 23.0. The van der Waals surface area contributed by atoms with Crippen molar-refractivity contribution in [2.45, 2.75) is 51.6 Å². The zero-order valence-electron chi connectivity index (χ0n) is 17.8. The lowest BCUT2D eigenvalue weighted by Crippen LogP contribution is -2.50. The predicted octanol–water partition coefficient (Wildman–Crippen LogP) is 6.21. The van der Waals surface area contributed by atoms with Crippen molar-refractivity contribution in [2.75, 3.05) is 5.75 Å². The van der Waals surface area contributed by atoms with Crippen LogP contribution in [-0.2, 0) is 21.9 Å². The van der Waals surface area contributed by atoms with Crippen LogP contribution < -0.4 is 5.32 Å². The SMILES string of the molecule is CC[C@H](C)NC(=O)[C@H](C)N(Cc1ccccc1Cl)C(=O)CSCc1ccc(Cl)cc1Cl. The van der Waals surface area contributed by atoms with E-state index in [1.54, 1.807) is 30.0 Å². The first-order chi connectivity index (χ1) is 14.7. The van der Waals surface area contributed by atoms with Crippen LogP contribution in [0.3, 0.4) is 0 Å². The molecule has 0 saturated carbocycles. The van der Waals surface area contributed by atoms with Gasteiger partial charge in [0.1, 0.15) is 6.04 Å². The molecule has 0 unspecified atom stereocenters. The van der Waals surface area contributed by atoms with Crippen LogP contribution in [0.15, 0.2) is 42.5 Å². The Morgan fingerprint density at radius 1 is 1.03 bits per heavy atom. The van der Waals surface area contributed by atoms with Gasteiger partial charge in [-0.1, -0.05) is 66.0 Å². The Morgan fingerprint density at radius 3 is 2.39 bits per heavy atom. The third-order valence-corrected chi connectivity index (χ3v) is 6.89. The number of rotatable bonds is 10. The Morgan fingerprint density at radius 2 is 1.74 bits per heavy atom. The summed E-state index contributed by atoms with van der Waals surface area (Å²) in [6.45, 7) is 5.94. The van der Waals surface area contributed by atoms with E-state index in [1.165, 1.54) is 11.8 Å². The maximum atomic E-state index is 13.1. The van der Waals surface area contributed by atoms with Gasteiger partial charge in [0.2, 0.25) is 11.8 Å². The first-order valence-electron chi connectivity index (χ1n) is 10.1. The van der Waals surface area contributed by atoms with Crippen LogP contribution in [0.4, 0.5) is 0 Å². The molecule has 4 nitrogen and oxygen atoms in total. The Balaban J connectivity index is 2.11. The molecule has 168 valence electrons. The molecule has 2 atom stereocenters. The van der Waals surface area contributed by atoms with Crippen LogP contribution in [0.2, 0.25) is 15.1 Å². The van der Waals surface area contributed by atoms with Crippen molar-refractivity contribution < 1.29 is 9.59 Å². The van der Waals surface area contributed by atoms with Gasteiger partial charge in [0.25, 0.3) is 0 Å². The van der Waals surface area contributed by atoms with Gasteiger partial charge in [0.05, 0.1) is 5.75 Å². The summed E-state index contributed by atoms with van der Waals surface area (Å²) in [6, 6.07) is 12.1. The fraction of sp³-hybridized carbons (Fsp3) is 0.391. The molecule has 0 fully saturated rings. The second-order valence-electron chi connectivity index (χ2n) is 7.34. The number of hydrogen-bond donors (Lipinski definition) is 1. The molecule has 0 bridgehead atoms. The van der Waals surface area contributed by atoms with E-state index < -0.39 is 6.04 Å². The number of carbonyl (C=O) groups excluding carboxylic acids is 2. The molecule has 31 heavy (non-hydrogen) atoms. The molecule has 0 aromatic heterocycles. The largest absolute Gasteiger partial charge is 0.352 e. The van der Waals surface area contributed by atoms with Crippen molar-refractivity contribution in [1.29, 1.82) is 0 Å². The minimum Gasteiger partial charge on any atom is -0.352 e. The van der Waals surface area contributed by atoms with Gasteiger partial charge in [-0.05, 0) is 49.6 Å². The minimum absolute atomic E-state index is 0.0358. The van der Waals surface area contributed by atoms with Crippen LogP contribution in [0.25, 0.3) is 0 Å². The number of nitrogens with one attached hydrogen (secondary N) is 1. The summed E-state index contributed by atoms with van der Waals surface area (Å²) in [5.74, 6) is 0.460. The molecule has 1 N–H and O–H groups in total. The predicted molar refractivity (Wildman–Crippen MR) is 132 cm³/mol. The van der Waals surface area contributed by atoms with E-state index in [4.69, 9.17) is 34.8 Å². The van der Waals surface area contributed by atoms with E-state index >= 15 is 0 Å². The lowest BCUT2D eigenvalue weighted by Gasteiger charge is -2.30. The number of benzene rings is 2. The third kappa shape index (κ3) is 7.90. The molecule has 0 heterocycles. The smallest absolute Gasteiger partial charge is 0.242 e. The summed E-state index contributed by atoms with van der Waals surface area (Å²) in [5, 5.41) is 4.66. The molecule has 2 rings (SSSR count). The first-order valence-corrected chi connectivity index (χ1v) is 12.4. The molecule has 2 aromatic rings. The van der Waals surface area contributed by atoms with Gasteiger partial charge in [0, 0.05) is 33.4 Å². The highest BCUT2D eigenvalue weighted by molar-refractivity contribution is 7.99. The normalized spacial score (nSPS) is 12.8. The van der Waals surface area contributed by atoms with Crippen LogP contribution in [-0.4, -0.2) is 34.6 Å². The molecule has 2 amide bonds. The second kappa shape index (κ2) is 12.6. The highest BCUT2D eigenvalue weighted by atomic mass is 35.5. The van der Waals surface area contributed by atoms with Gasteiger partial charge in [-0.25, -0.2) is 0 Å². The van der Waals surface area contributed by atoms with E-state index in [-0.39, 0.29) is 30.2 Å². The molecule has 0 saturated heterocycles. The Bertz CT molecular complexity index is 910. The Kier molecular flexibility index (Phi) is 10.5. The van der Waals surface area contributed by atoms with Crippen LogP contribution in [0.5, 0.6) is 0 Å². The average molecular weight is 502 g/mol. The van der Waals surface area contributed by atoms with E-state index in [9.17, 15) is 9.59 Å². The number of carbonyl (C=O) groups is 2. The van der Waals surface area contributed by atoms with Crippen molar-refractivity contribution in [3.63, 3.8) is 0 Å². The van der Waals surface area contributed by atoms with E-state index in [0.717, 1.165) is 17.5 Å². The van der Waals surface area contributed by atoms with Crippen molar-refractivity contribution in [2.24, 2.45) is 0 Å². The van der Waals surface area contributed by atoms with Crippen molar-refractivity contribution >= 4 is 58.4 Å². The minimum atomic E-state index is -0.627. The molecule has 0 spiro atoms. The van der Waals surface area contributed by atoms with E-state index in [0.29, 0.717) is 20.8 Å². The maximum absolute atomic E-state index is 13.1. The van der Waals surface area contributed by atoms with E-state index in [2.05, 4.69) is 5.32 Å². The maximum Gasteiger partial charge on any atom is 0.242 e. The lowest BCUT2D eigenvalue weighted by molar-refractivity contribution is -0.138. The van der Waals surface area contributed by atoms with Crippen molar-refractivity contribution in [3.05, 3.63) is 68.7 Å². The van der Waals surface area contributed by atoms with E-state index in [1.807, 2.05) is 38.1 Å². The highest BCUT2D eigenvalue weighted by Gasteiger charge is 2.27. The highest BCUT2D eigenvalue weighted by Crippen LogP contribution is 2.25. The first kappa shape index (κ1) is 25.9. The summed E-state index contributed by atoms with van der Waals surface area (Å²) >= 11 is 19.9. The molecule has 8 heteroatoms. The van der Waals surface area contributed by atoms with Crippen LogP contribution in [0.1, 0.15) is 38.3 Å². The van der Waals surface area contributed by atoms with Crippen molar-refractivity contribution in [3.8, 4) is 0 Å². The van der Waals surface area contributed by atoms with Crippen LogP contribution in [0, 0.1) is 0 Å². The summed E-state index contributed by atoms with van der Waals surface area (Å²) in [4.78, 5) is 27.4. The van der Waals surface area contributed by atoms with Gasteiger partial charge in [-0.3, -0.25) is 9.59 Å². The molecule has 2 aromatic carbocycles. The molecular weight excluding hydrogens is 475 g/mol. The third-order valence-electron chi connectivity index (χ3n) is 4.97. The molecule has 0 aliphatic heterocycles. The number of thioether (sulfide) groups is 1. The van der Waals surface area contributed by atoms with Gasteiger partial charge < -0.3 is 10.2 Å². The number of hydrogen-bond acceptors (Lipinski definition) is 3. The second-order valence-corrected chi connectivity index (χ2v) is 9.57. The van der Waals surface area contributed by atoms with Gasteiger partial charge in [-0.2, -0.15) is 0 Å². The molecular formula is C23H27Cl3N2O2S. The van der Waals surface area contributed by atoms with Gasteiger partial charge >= 0.3 is 0 Å². The van der Waals surface area contributed by atoms with Gasteiger partial charge in [-0.15, -0.1) is 11.8 Å². The fourth-order valence-corrected chi connectivity index (χ4v) is 4.49. The zero-order valence-corrected chi connectivity index (χ0v) is 20.9. The topological polar surface area (TPSA) is 49.4 Å². The van der Waals surface area contributed by atoms with Crippen molar-refractivity contribution in [1.82, 2.24) is 10.2 Å². The monoisotopic (exact) mass is 500 g/mol. The summed E-state index contributed by atoms with van der Waals surface area (Å²) in [7, 11) is 0. The summed E-state index contributed by atoms with van der Waals surface area (Å²) in [6.07, 6.45) is 0.814. The molecule has 0 aliphatic carbocycles. The Labute approximate surface area is 203 Å².